The Kier molecular flexibility index (Phi) is 6.94. The van der Waals surface area contributed by atoms with Crippen molar-refractivity contribution in [2.24, 2.45) is 0 Å². The van der Waals surface area contributed by atoms with Gasteiger partial charge in [-0.1, -0.05) is 179 Å². The molecule has 2 aliphatic rings. The molecule has 0 aliphatic heterocycles. The van der Waals surface area contributed by atoms with Crippen molar-refractivity contribution < 1.29 is 0 Å². The number of hydrogen-bond acceptors (Lipinski definition) is 1. The van der Waals surface area contributed by atoms with Gasteiger partial charge in [0.05, 0.1) is 11.4 Å². The summed E-state index contributed by atoms with van der Waals surface area (Å²) in [6, 6.07) is 65.3. The van der Waals surface area contributed by atoms with Gasteiger partial charge in [0.15, 0.2) is 0 Å². The van der Waals surface area contributed by atoms with E-state index in [0.717, 1.165) is 17.1 Å². The van der Waals surface area contributed by atoms with Crippen molar-refractivity contribution in [2.75, 3.05) is 4.90 Å². The summed E-state index contributed by atoms with van der Waals surface area (Å²) < 4.78 is 0. The lowest BCUT2D eigenvalue weighted by Gasteiger charge is -2.32. The van der Waals surface area contributed by atoms with Crippen LogP contribution in [0.4, 0.5) is 17.1 Å². The summed E-state index contributed by atoms with van der Waals surface area (Å²) in [7, 11) is 0. The van der Waals surface area contributed by atoms with Crippen LogP contribution in [0.3, 0.4) is 0 Å². The molecule has 53 heavy (non-hydrogen) atoms. The normalized spacial score (nSPS) is 14.3. The van der Waals surface area contributed by atoms with E-state index in [4.69, 9.17) is 0 Å². The van der Waals surface area contributed by atoms with E-state index in [-0.39, 0.29) is 10.8 Å². The fourth-order valence-electron chi connectivity index (χ4n) is 9.47. The fourth-order valence-corrected chi connectivity index (χ4v) is 9.47. The molecule has 0 N–H and O–H groups in total. The van der Waals surface area contributed by atoms with Crippen molar-refractivity contribution in [3.05, 3.63) is 198 Å². The van der Waals surface area contributed by atoms with Crippen molar-refractivity contribution in [2.45, 2.75) is 38.5 Å². The second-order valence-electron chi connectivity index (χ2n) is 15.7. The highest BCUT2D eigenvalue weighted by Crippen LogP contribution is 2.55. The molecule has 8 aromatic rings. The summed E-state index contributed by atoms with van der Waals surface area (Å²) >= 11 is 0. The topological polar surface area (TPSA) is 3.24 Å². The molecule has 0 amide bonds. The molecular formula is C52H41N. The average Bonchev–Trinajstić information content (AvgIpc) is 3.58. The van der Waals surface area contributed by atoms with Crippen LogP contribution < -0.4 is 4.90 Å². The molecule has 0 saturated heterocycles. The summed E-state index contributed by atoms with van der Waals surface area (Å²) in [6.07, 6.45) is 0. The molecule has 10 rings (SSSR count). The van der Waals surface area contributed by atoms with E-state index < -0.39 is 0 Å². The maximum absolute atomic E-state index is 2.52. The maximum Gasteiger partial charge on any atom is 0.0540 e. The van der Waals surface area contributed by atoms with Crippen LogP contribution in [0.15, 0.2) is 176 Å². The standard InChI is InChI=1S/C52H41N/c1-51(2)45-27-12-8-23-43(45)50-42(25-16-28-46(50)51)41-22-10-14-30-49(41)53(35-31-32-39-38-20-7-11-26-44(38)52(3,4)47(39)33-35)48-29-13-9-21-40(48)37-24-15-18-34-17-5-6-19-36(34)37/h5-33H,1-4H3. The lowest BCUT2D eigenvalue weighted by Crippen LogP contribution is -2.17. The Hall–Kier alpha value is -6.18. The van der Waals surface area contributed by atoms with Crippen molar-refractivity contribution in [3.8, 4) is 44.5 Å². The SMILES string of the molecule is CC1(C)c2ccccc2-c2ccc(N(c3ccccc3-c3cccc4c3-c3ccccc3C4(C)C)c3ccccc3-c3cccc4ccccc34)cc21. The van der Waals surface area contributed by atoms with Gasteiger partial charge in [-0.05, 0) is 90.7 Å². The van der Waals surface area contributed by atoms with Crippen LogP contribution in [0.5, 0.6) is 0 Å². The molecule has 0 aromatic heterocycles. The van der Waals surface area contributed by atoms with Gasteiger partial charge in [-0.15, -0.1) is 0 Å². The number of benzene rings is 8. The molecule has 0 unspecified atom stereocenters. The first-order valence-corrected chi connectivity index (χ1v) is 18.8. The Morgan fingerprint density at radius 2 is 0.811 bits per heavy atom. The van der Waals surface area contributed by atoms with Gasteiger partial charge < -0.3 is 4.90 Å². The van der Waals surface area contributed by atoms with Crippen molar-refractivity contribution in [3.63, 3.8) is 0 Å². The largest absolute Gasteiger partial charge is 0.309 e. The minimum absolute atomic E-state index is 0.0852. The molecule has 0 radical (unpaired) electrons. The summed E-state index contributed by atoms with van der Waals surface area (Å²) in [5.41, 5.74) is 19.0. The van der Waals surface area contributed by atoms with Crippen LogP contribution in [0.1, 0.15) is 49.9 Å². The zero-order valence-electron chi connectivity index (χ0n) is 30.7. The third-order valence-corrected chi connectivity index (χ3v) is 12.1. The molecule has 0 saturated carbocycles. The smallest absolute Gasteiger partial charge is 0.0540 e. The van der Waals surface area contributed by atoms with Crippen LogP contribution in [0, 0.1) is 0 Å². The molecule has 254 valence electrons. The Morgan fingerprint density at radius 1 is 0.340 bits per heavy atom. The van der Waals surface area contributed by atoms with Crippen LogP contribution in [-0.2, 0) is 10.8 Å². The van der Waals surface area contributed by atoms with Gasteiger partial charge in [0.1, 0.15) is 0 Å². The summed E-state index contributed by atoms with van der Waals surface area (Å²) in [5, 5.41) is 2.49. The van der Waals surface area contributed by atoms with E-state index in [0.29, 0.717) is 0 Å². The average molecular weight is 680 g/mol. The Balaban J connectivity index is 1.26. The highest BCUT2D eigenvalue weighted by Gasteiger charge is 2.38. The molecule has 0 heterocycles. The second kappa shape index (κ2) is 11.7. The third-order valence-electron chi connectivity index (χ3n) is 12.1. The molecule has 0 bridgehead atoms. The lowest BCUT2D eigenvalue weighted by atomic mass is 9.82. The minimum atomic E-state index is -0.127. The number of anilines is 3. The monoisotopic (exact) mass is 679 g/mol. The molecule has 1 heteroatoms. The second-order valence-corrected chi connectivity index (χ2v) is 15.7. The Bertz CT molecular complexity index is 2740. The Morgan fingerprint density at radius 3 is 1.57 bits per heavy atom. The summed E-state index contributed by atoms with van der Waals surface area (Å²) in [6.45, 7) is 9.47. The summed E-state index contributed by atoms with van der Waals surface area (Å²) in [4.78, 5) is 2.52. The van der Waals surface area contributed by atoms with Gasteiger partial charge in [-0.25, -0.2) is 0 Å². The van der Waals surface area contributed by atoms with Gasteiger partial charge in [0, 0.05) is 27.6 Å². The minimum Gasteiger partial charge on any atom is -0.309 e. The van der Waals surface area contributed by atoms with Gasteiger partial charge in [0.25, 0.3) is 0 Å². The predicted molar refractivity (Wildman–Crippen MR) is 225 cm³/mol. The van der Waals surface area contributed by atoms with E-state index in [9.17, 15) is 0 Å². The number of para-hydroxylation sites is 2. The highest BCUT2D eigenvalue weighted by molar-refractivity contribution is 6.04. The van der Waals surface area contributed by atoms with Crippen molar-refractivity contribution in [1.82, 2.24) is 0 Å². The van der Waals surface area contributed by atoms with E-state index in [1.165, 1.54) is 77.5 Å². The zero-order chi connectivity index (χ0) is 35.9. The molecule has 0 fully saturated rings. The molecule has 1 nitrogen and oxygen atoms in total. The Labute approximate surface area is 312 Å². The van der Waals surface area contributed by atoms with Crippen molar-refractivity contribution in [1.29, 1.82) is 0 Å². The molecule has 0 spiro atoms. The van der Waals surface area contributed by atoms with Crippen LogP contribution >= 0.6 is 0 Å². The zero-order valence-corrected chi connectivity index (χ0v) is 30.7. The van der Waals surface area contributed by atoms with E-state index in [2.05, 4.69) is 209 Å². The van der Waals surface area contributed by atoms with E-state index >= 15 is 0 Å². The number of nitrogens with zero attached hydrogens (tertiary/aromatic N) is 1. The van der Waals surface area contributed by atoms with Gasteiger partial charge in [-0.3, -0.25) is 0 Å². The third kappa shape index (κ3) is 4.63. The molecular weight excluding hydrogens is 639 g/mol. The first kappa shape index (κ1) is 31.5. The number of fused-ring (bicyclic) bond motifs is 7. The maximum atomic E-state index is 2.52. The van der Waals surface area contributed by atoms with Gasteiger partial charge in [0.2, 0.25) is 0 Å². The molecule has 2 aliphatic carbocycles. The fraction of sp³-hybridized carbons (Fsp3) is 0.115. The van der Waals surface area contributed by atoms with E-state index in [1.54, 1.807) is 0 Å². The van der Waals surface area contributed by atoms with E-state index in [1.807, 2.05) is 0 Å². The first-order chi connectivity index (χ1) is 25.8. The molecule has 8 aromatic carbocycles. The van der Waals surface area contributed by atoms with Crippen LogP contribution in [0.25, 0.3) is 55.3 Å². The number of rotatable bonds is 5. The number of hydrogen-bond donors (Lipinski definition) is 0. The highest BCUT2D eigenvalue weighted by atomic mass is 15.1. The van der Waals surface area contributed by atoms with Crippen molar-refractivity contribution >= 4 is 27.8 Å². The van der Waals surface area contributed by atoms with Crippen LogP contribution in [-0.4, -0.2) is 0 Å². The quantitative estimate of drug-likeness (QED) is 0.175. The van der Waals surface area contributed by atoms with Crippen LogP contribution in [0.2, 0.25) is 0 Å². The summed E-state index contributed by atoms with van der Waals surface area (Å²) in [5.74, 6) is 0. The lowest BCUT2D eigenvalue weighted by molar-refractivity contribution is 0.660. The van der Waals surface area contributed by atoms with Gasteiger partial charge in [-0.2, -0.15) is 0 Å². The predicted octanol–water partition coefficient (Wildman–Crippen LogP) is 14.3. The molecule has 0 atom stereocenters. The first-order valence-electron chi connectivity index (χ1n) is 18.8. The van der Waals surface area contributed by atoms with Gasteiger partial charge >= 0.3 is 0 Å².